The first-order valence-electron chi connectivity index (χ1n) is 5.91. The largest absolute Gasteiger partial charge is 0.489 e. The molecule has 2 N–H and O–H groups in total. The Morgan fingerprint density at radius 1 is 1.56 bits per heavy atom. The van der Waals surface area contributed by atoms with Gasteiger partial charge in [-0.05, 0) is 43.5 Å². The van der Waals surface area contributed by atoms with E-state index in [1.54, 1.807) is 13.0 Å². The van der Waals surface area contributed by atoms with E-state index in [2.05, 4.69) is 0 Å². The first kappa shape index (κ1) is 14.8. The summed E-state index contributed by atoms with van der Waals surface area (Å²) in [6.07, 6.45) is 1.89. The Morgan fingerprint density at radius 3 is 3.00 bits per heavy atom. The molecule has 0 fully saturated rings. The number of carbonyl (C=O) groups excluding carboxylic acids is 1. The van der Waals surface area contributed by atoms with Crippen molar-refractivity contribution in [2.24, 2.45) is 5.73 Å². The summed E-state index contributed by atoms with van der Waals surface area (Å²) in [5.74, 6) is 0.552. The number of aryl methyl sites for hydroxylation is 1. The first-order chi connectivity index (χ1) is 8.24. The number of hydrogen-bond donors (Lipinski definition) is 1. The summed E-state index contributed by atoms with van der Waals surface area (Å²) < 4.78 is 10.7. The average molecular weight is 272 g/mol. The molecule has 1 aromatic carbocycles. The lowest BCUT2D eigenvalue weighted by Gasteiger charge is -2.25. The van der Waals surface area contributed by atoms with E-state index in [0.29, 0.717) is 18.7 Å². The minimum atomic E-state index is -0.281. The van der Waals surface area contributed by atoms with Gasteiger partial charge in [0.1, 0.15) is 11.9 Å². The van der Waals surface area contributed by atoms with Crippen LogP contribution in [0, 0.1) is 0 Å². The molecule has 2 rings (SSSR count). The van der Waals surface area contributed by atoms with Gasteiger partial charge >= 0.3 is 5.97 Å². The van der Waals surface area contributed by atoms with Gasteiger partial charge in [-0.2, -0.15) is 0 Å². The van der Waals surface area contributed by atoms with Crippen LogP contribution in [0.1, 0.15) is 29.3 Å². The minimum Gasteiger partial charge on any atom is -0.489 e. The lowest BCUT2D eigenvalue weighted by molar-refractivity contribution is 0.0526. The van der Waals surface area contributed by atoms with Crippen LogP contribution in [-0.2, 0) is 11.2 Å². The molecule has 0 aromatic heterocycles. The van der Waals surface area contributed by atoms with Crippen molar-refractivity contribution in [3.8, 4) is 5.75 Å². The Kier molecular flexibility index (Phi) is 5.44. The molecule has 0 bridgehead atoms. The smallest absolute Gasteiger partial charge is 0.338 e. The minimum absolute atomic E-state index is 0. The number of fused-ring (bicyclic) bond motifs is 1. The lowest BCUT2D eigenvalue weighted by Crippen LogP contribution is -2.30. The SMILES string of the molecule is CCOC(=O)c1ccc2c(c1)CCC(CN)O2.Cl. The molecule has 0 aliphatic carbocycles. The van der Waals surface area contributed by atoms with E-state index >= 15 is 0 Å². The summed E-state index contributed by atoms with van der Waals surface area (Å²) in [4.78, 5) is 11.6. The molecule has 1 heterocycles. The number of nitrogens with two attached hydrogens (primary N) is 1. The number of rotatable bonds is 3. The Hall–Kier alpha value is -1.26. The van der Waals surface area contributed by atoms with E-state index in [1.807, 2.05) is 12.1 Å². The summed E-state index contributed by atoms with van der Waals surface area (Å²) in [5, 5.41) is 0. The quantitative estimate of drug-likeness (QED) is 0.854. The summed E-state index contributed by atoms with van der Waals surface area (Å²) in [6, 6.07) is 5.40. The number of esters is 1. The van der Waals surface area contributed by atoms with Gasteiger partial charge < -0.3 is 15.2 Å². The molecule has 100 valence electrons. The molecule has 1 unspecified atom stereocenters. The number of halogens is 1. The van der Waals surface area contributed by atoms with Gasteiger partial charge in [0.05, 0.1) is 12.2 Å². The Labute approximate surface area is 113 Å². The second-order valence-electron chi connectivity index (χ2n) is 4.06. The number of benzene rings is 1. The molecule has 4 nitrogen and oxygen atoms in total. The van der Waals surface area contributed by atoms with Crippen LogP contribution in [0.5, 0.6) is 5.75 Å². The van der Waals surface area contributed by atoms with Crippen LogP contribution in [-0.4, -0.2) is 25.2 Å². The van der Waals surface area contributed by atoms with E-state index in [1.165, 1.54) is 0 Å². The standard InChI is InChI=1S/C13H17NO3.ClH/c1-2-16-13(15)10-4-6-12-9(7-10)3-5-11(8-14)17-12;/h4,6-7,11H,2-3,5,8,14H2,1H3;1H. The molecule has 0 saturated carbocycles. The van der Waals surface area contributed by atoms with E-state index in [-0.39, 0.29) is 24.5 Å². The van der Waals surface area contributed by atoms with E-state index < -0.39 is 0 Å². The molecule has 18 heavy (non-hydrogen) atoms. The molecule has 1 aliphatic heterocycles. The van der Waals surface area contributed by atoms with Crippen LogP contribution in [0.2, 0.25) is 0 Å². The van der Waals surface area contributed by atoms with Gasteiger partial charge in [-0.15, -0.1) is 12.4 Å². The molecule has 1 aromatic rings. The second-order valence-corrected chi connectivity index (χ2v) is 4.06. The highest BCUT2D eigenvalue weighted by Crippen LogP contribution is 2.28. The molecular formula is C13H18ClNO3. The average Bonchev–Trinajstić information content (AvgIpc) is 2.37. The molecular weight excluding hydrogens is 254 g/mol. The second kappa shape index (κ2) is 6.61. The van der Waals surface area contributed by atoms with Crippen molar-refractivity contribution >= 4 is 18.4 Å². The maximum atomic E-state index is 11.6. The third kappa shape index (κ3) is 3.15. The third-order valence-electron chi connectivity index (χ3n) is 2.86. The van der Waals surface area contributed by atoms with Crippen molar-refractivity contribution in [1.29, 1.82) is 0 Å². The maximum absolute atomic E-state index is 11.6. The number of carbonyl (C=O) groups is 1. The lowest BCUT2D eigenvalue weighted by atomic mass is 10.00. The fourth-order valence-electron chi connectivity index (χ4n) is 1.95. The fraction of sp³-hybridized carbons (Fsp3) is 0.462. The molecule has 0 spiro atoms. The van der Waals surface area contributed by atoms with Gasteiger partial charge in [0.15, 0.2) is 0 Å². The molecule has 5 heteroatoms. The molecule has 1 atom stereocenters. The van der Waals surface area contributed by atoms with Gasteiger partial charge in [-0.25, -0.2) is 4.79 Å². The van der Waals surface area contributed by atoms with Crippen molar-refractivity contribution in [2.75, 3.05) is 13.2 Å². The maximum Gasteiger partial charge on any atom is 0.338 e. The zero-order chi connectivity index (χ0) is 12.3. The van der Waals surface area contributed by atoms with Gasteiger partial charge in [-0.3, -0.25) is 0 Å². The number of ether oxygens (including phenoxy) is 2. The van der Waals surface area contributed by atoms with Crippen LogP contribution < -0.4 is 10.5 Å². The van der Waals surface area contributed by atoms with Crippen molar-refractivity contribution in [1.82, 2.24) is 0 Å². The normalized spacial score (nSPS) is 17.1. The molecule has 0 amide bonds. The van der Waals surface area contributed by atoms with Gasteiger partial charge in [0.2, 0.25) is 0 Å². The van der Waals surface area contributed by atoms with Crippen molar-refractivity contribution in [2.45, 2.75) is 25.9 Å². The Bertz CT molecular complexity index is 423. The van der Waals surface area contributed by atoms with Crippen molar-refractivity contribution in [3.05, 3.63) is 29.3 Å². The highest BCUT2D eigenvalue weighted by atomic mass is 35.5. The monoisotopic (exact) mass is 271 g/mol. The molecule has 1 aliphatic rings. The van der Waals surface area contributed by atoms with Crippen LogP contribution in [0.15, 0.2) is 18.2 Å². The van der Waals surface area contributed by atoms with E-state index in [9.17, 15) is 4.79 Å². The third-order valence-corrected chi connectivity index (χ3v) is 2.86. The predicted molar refractivity (Wildman–Crippen MR) is 71.4 cm³/mol. The summed E-state index contributed by atoms with van der Waals surface area (Å²) >= 11 is 0. The van der Waals surface area contributed by atoms with Crippen LogP contribution in [0.25, 0.3) is 0 Å². The summed E-state index contributed by atoms with van der Waals surface area (Å²) in [5.41, 5.74) is 7.22. The van der Waals surface area contributed by atoms with Crippen molar-refractivity contribution < 1.29 is 14.3 Å². The molecule has 0 saturated heterocycles. The van der Waals surface area contributed by atoms with E-state index in [0.717, 1.165) is 24.2 Å². The zero-order valence-corrected chi connectivity index (χ0v) is 11.2. The van der Waals surface area contributed by atoms with E-state index in [4.69, 9.17) is 15.2 Å². The number of hydrogen-bond acceptors (Lipinski definition) is 4. The van der Waals surface area contributed by atoms with Crippen LogP contribution in [0.3, 0.4) is 0 Å². The Balaban J connectivity index is 0.00000162. The zero-order valence-electron chi connectivity index (χ0n) is 10.3. The van der Waals surface area contributed by atoms with Gasteiger partial charge in [-0.1, -0.05) is 0 Å². The fourth-order valence-corrected chi connectivity index (χ4v) is 1.95. The predicted octanol–water partition coefficient (Wildman–Crippen LogP) is 1.94. The Morgan fingerprint density at radius 2 is 2.33 bits per heavy atom. The van der Waals surface area contributed by atoms with Gasteiger partial charge in [0, 0.05) is 6.54 Å². The van der Waals surface area contributed by atoms with Gasteiger partial charge in [0.25, 0.3) is 0 Å². The molecule has 0 radical (unpaired) electrons. The highest BCUT2D eigenvalue weighted by molar-refractivity contribution is 5.89. The first-order valence-corrected chi connectivity index (χ1v) is 5.91. The van der Waals surface area contributed by atoms with Crippen LogP contribution in [0.4, 0.5) is 0 Å². The highest BCUT2D eigenvalue weighted by Gasteiger charge is 2.19. The topological polar surface area (TPSA) is 61.5 Å². The van der Waals surface area contributed by atoms with Crippen LogP contribution >= 0.6 is 12.4 Å². The summed E-state index contributed by atoms with van der Waals surface area (Å²) in [7, 11) is 0. The summed E-state index contributed by atoms with van der Waals surface area (Å²) in [6.45, 7) is 2.71. The van der Waals surface area contributed by atoms with Crippen molar-refractivity contribution in [3.63, 3.8) is 0 Å².